The maximum absolute atomic E-state index is 6.02. The second kappa shape index (κ2) is 6.27. The first-order valence-electron chi connectivity index (χ1n) is 5.99. The molecule has 0 spiro atoms. The van der Waals surface area contributed by atoms with Crippen LogP contribution in [0, 0.1) is 6.92 Å². The van der Waals surface area contributed by atoms with Crippen molar-refractivity contribution in [2.24, 2.45) is 0 Å². The normalized spacial score (nSPS) is 12.6. The van der Waals surface area contributed by atoms with Crippen LogP contribution >= 0.6 is 22.9 Å². The van der Waals surface area contributed by atoms with Crippen molar-refractivity contribution in [3.8, 4) is 0 Å². The number of nitrogens with one attached hydrogen (secondary N) is 1. The van der Waals surface area contributed by atoms with E-state index in [0.717, 1.165) is 28.8 Å². The van der Waals surface area contributed by atoms with Crippen LogP contribution in [0.1, 0.15) is 35.8 Å². The fourth-order valence-electron chi connectivity index (χ4n) is 1.76. The van der Waals surface area contributed by atoms with E-state index in [1.165, 1.54) is 4.88 Å². The first-order chi connectivity index (χ1) is 8.70. The van der Waals surface area contributed by atoms with Gasteiger partial charge in [-0.1, -0.05) is 18.5 Å². The van der Waals surface area contributed by atoms with Gasteiger partial charge in [0.1, 0.15) is 5.82 Å². The monoisotopic (exact) mass is 281 g/mol. The Morgan fingerprint density at radius 2 is 2.22 bits per heavy atom. The number of nitrogens with zero attached hydrogens (tertiary/aromatic N) is 2. The molecule has 0 amide bonds. The van der Waals surface area contributed by atoms with Gasteiger partial charge < -0.3 is 5.32 Å². The lowest BCUT2D eigenvalue weighted by Gasteiger charge is -2.16. The van der Waals surface area contributed by atoms with E-state index in [0.29, 0.717) is 0 Å². The Morgan fingerprint density at radius 1 is 1.39 bits per heavy atom. The van der Waals surface area contributed by atoms with Crippen molar-refractivity contribution in [2.45, 2.75) is 26.3 Å². The molecule has 3 nitrogen and oxygen atoms in total. The molecule has 18 heavy (non-hydrogen) atoms. The molecule has 0 bridgehead atoms. The number of rotatable bonds is 5. The van der Waals surface area contributed by atoms with Crippen LogP contribution < -0.4 is 5.32 Å². The van der Waals surface area contributed by atoms with Gasteiger partial charge in [-0.2, -0.15) is 0 Å². The number of aryl methyl sites for hydroxylation is 1. The molecule has 1 atom stereocenters. The predicted molar refractivity (Wildman–Crippen MR) is 76.2 cm³/mol. The Kier molecular flexibility index (Phi) is 4.69. The van der Waals surface area contributed by atoms with Gasteiger partial charge in [0, 0.05) is 11.1 Å². The summed E-state index contributed by atoms with van der Waals surface area (Å²) in [5.74, 6) is 0.790. The highest BCUT2D eigenvalue weighted by atomic mass is 35.5. The maximum atomic E-state index is 6.02. The van der Waals surface area contributed by atoms with Crippen LogP contribution in [0.2, 0.25) is 4.34 Å². The molecule has 96 valence electrons. The molecule has 5 heteroatoms. The number of aromatic nitrogens is 2. The van der Waals surface area contributed by atoms with E-state index in [1.807, 2.05) is 19.1 Å². The van der Waals surface area contributed by atoms with Crippen LogP contribution in [-0.2, 0) is 0 Å². The van der Waals surface area contributed by atoms with E-state index in [2.05, 4.69) is 28.3 Å². The van der Waals surface area contributed by atoms with Gasteiger partial charge in [-0.05, 0) is 38.1 Å². The highest BCUT2D eigenvalue weighted by molar-refractivity contribution is 7.16. The first-order valence-corrected chi connectivity index (χ1v) is 7.18. The van der Waals surface area contributed by atoms with Gasteiger partial charge in [-0.25, -0.2) is 9.97 Å². The van der Waals surface area contributed by atoms with Crippen LogP contribution in [0.5, 0.6) is 0 Å². The molecular weight excluding hydrogens is 266 g/mol. The van der Waals surface area contributed by atoms with Crippen LogP contribution in [0.3, 0.4) is 0 Å². The number of hydrogen-bond acceptors (Lipinski definition) is 4. The lowest BCUT2D eigenvalue weighted by molar-refractivity contribution is 0.590. The molecule has 2 rings (SSSR count). The van der Waals surface area contributed by atoms with E-state index in [4.69, 9.17) is 11.6 Å². The van der Waals surface area contributed by atoms with Crippen LogP contribution in [0.15, 0.2) is 24.4 Å². The highest BCUT2D eigenvalue weighted by Gasteiger charge is 2.16. The minimum Gasteiger partial charge on any atom is -0.304 e. The molecule has 0 radical (unpaired) electrons. The maximum Gasteiger partial charge on any atom is 0.125 e. The van der Waals surface area contributed by atoms with Crippen LogP contribution in [0.25, 0.3) is 0 Å². The van der Waals surface area contributed by atoms with E-state index in [-0.39, 0.29) is 6.04 Å². The van der Waals surface area contributed by atoms with Crippen LogP contribution in [0.4, 0.5) is 0 Å². The van der Waals surface area contributed by atoms with Gasteiger partial charge in [0.15, 0.2) is 0 Å². The fraction of sp³-hybridized carbons (Fsp3) is 0.385. The summed E-state index contributed by atoms with van der Waals surface area (Å²) in [6, 6.07) is 6.03. The highest BCUT2D eigenvalue weighted by Crippen LogP contribution is 2.30. The summed E-state index contributed by atoms with van der Waals surface area (Å²) in [7, 11) is 0. The lowest BCUT2D eigenvalue weighted by Crippen LogP contribution is -2.23. The fourth-order valence-corrected chi connectivity index (χ4v) is 2.91. The third-order valence-electron chi connectivity index (χ3n) is 2.57. The van der Waals surface area contributed by atoms with Crippen molar-refractivity contribution in [1.29, 1.82) is 0 Å². The van der Waals surface area contributed by atoms with Gasteiger partial charge in [0.2, 0.25) is 0 Å². The van der Waals surface area contributed by atoms with Crippen molar-refractivity contribution in [1.82, 2.24) is 15.3 Å². The topological polar surface area (TPSA) is 37.8 Å². The smallest absolute Gasteiger partial charge is 0.125 e. The second-order valence-corrected chi connectivity index (χ2v) is 5.80. The van der Waals surface area contributed by atoms with Crippen molar-refractivity contribution in [3.63, 3.8) is 0 Å². The van der Waals surface area contributed by atoms with Gasteiger partial charge in [-0.3, -0.25) is 0 Å². The summed E-state index contributed by atoms with van der Waals surface area (Å²) in [5.41, 5.74) is 0.995. The van der Waals surface area contributed by atoms with Crippen molar-refractivity contribution in [2.75, 3.05) is 6.54 Å². The SMILES string of the molecule is CCCNC(c1ccnc(C)n1)c1ccc(Cl)s1. The Balaban J connectivity index is 2.30. The summed E-state index contributed by atoms with van der Waals surface area (Å²) in [6.07, 6.45) is 2.88. The quantitative estimate of drug-likeness (QED) is 0.910. The first kappa shape index (κ1) is 13.5. The van der Waals surface area contributed by atoms with Gasteiger partial charge in [-0.15, -0.1) is 11.3 Å². The lowest BCUT2D eigenvalue weighted by atomic mass is 10.1. The zero-order valence-electron chi connectivity index (χ0n) is 10.5. The standard InChI is InChI=1S/C13H16ClN3S/c1-3-7-16-13(11-4-5-12(14)18-11)10-6-8-15-9(2)17-10/h4-6,8,13,16H,3,7H2,1-2H3. The third kappa shape index (κ3) is 3.28. The molecule has 0 aromatic carbocycles. The minimum absolute atomic E-state index is 0.101. The van der Waals surface area contributed by atoms with Gasteiger partial charge in [0.25, 0.3) is 0 Å². The largest absolute Gasteiger partial charge is 0.304 e. The zero-order chi connectivity index (χ0) is 13.0. The van der Waals surface area contributed by atoms with E-state index < -0.39 is 0 Å². The Labute approximate surface area is 116 Å². The van der Waals surface area contributed by atoms with E-state index >= 15 is 0 Å². The number of thiophene rings is 1. The van der Waals surface area contributed by atoms with Crippen LogP contribution in [-0.4, -0.2) is 16.5 Å². The molecule has 0 saturated carbocycles. The summed E-state index contributed by atoms with van der Waals surface area (Å²) >= 11 is 7.60. The Morgan fingerprint density at radius 3 is 2.83 bits per heavy atom. The van der Waals surface area contributed by atoms with Crippen molar-refractivity contribution < 1.29 is 0 Å². The summed E-state index contributed by atoms with van der Waals surface area (Å²) in [4.78, 5) is 9.83. The third-order valence-corrected chi connectivity index (χ3v) is 3.87. The molecule has 2 aromatic rings. The van der Waals surface area contributed by atoms with Gasteiger partial charge in [0.05, 0.1) is 16.1 Å². The molecule has 0 saturated heterocycles. The van der Waals surface area contributed by atoms with Gasteiger partial charge >= 0.3 is 0 Å². The van der Waals surface area contributed by atoms with E-state index in [1.54, 1.807) is 17.5 Å². The number of hydrogen-bond donors (Lipinski definition) is 1. The summed E-state index contributed by atoms with van der Waals surface area (Å²) in [5, 5.41) is 3.50. The summed E-state index contributed by atoms with van der Waals surface area (Å²) < 4.78 is 0.805. The Hall–Kier alpha value is -0.970. The summed E-state index contributed by atoms with van der Waals surface area (Å²) in [6.45, 7) is 5.00. The molecule has 1 N–H and O–H groups in total. The minimum atomic E-state index is 0.101. The second-order valence-electron chi connectivity index (χ2n) is 4.06. The molecule has 0 aliphatic heterocycles. The average molecular weight is 282 g/mol. The zero-order valence-corrected chi connectivity index (χ0v) is 12.1. The molecular formula is C13H16ClN3S. The predicted octanol–water partition coefficient (Wildman–Crippen LogP) is 3.59. The van der Waals surface area contributed by atoms with Crippen molar-refractivity contribution in [3.05, 3.63) is 45.1 Å². The Bertz CT molecular complexity index is 512. The van der Waals surface area contributed by atoms with Crippen molar-refractivity contribution >= 4 is 22.9 Å². The molecule has 1 unspecified atom stereocenters. The van der Waals surface area contributed by atoms with E-state index in [9.17, 15) is 0 Å². The molecule has 0 fully saturated rings. The average Bonchev–Trinajstić information content (AvgIpc) is 2.76. The molecule has 0 aliphatic carbocycles. The molecule has 2 aromatic heterocycles. The molecule has 2 heterocycles. The molecule has 0 aliphatic rings. The number of halogens is 1.